The number of hydrogen-bond acceptors (Lipinski definition) is 12. The van der Waals surface area contributed by atoms with E-state index in [1.54, 1.807) is 0 Å². The molecule has 46 heavy (non-hydrogen) atoms. The zero-order chi connectivity index (χ0) is 33.2. The van der Waals surface area contributed by atoms with E-state index >= 15 is 0 Å². The van der Waals surface area contributed by atoms with Crippen LogP contribution in [0.1, 0.15) is 116 Å². The maximum Gasteiger partial charge on any atom is 0.306 e. The van der Waals surface area contributed by atoms with Gasteiger partial charge < -0.3 is 33.7 Å². The van der Waals surface area contributed by atoms with Crippen LogP contribution in [0.15, 0.2) is 0 Å². The Hall–Kier alpha value is -2.73. The molecule has 2 aliphatic rings. The average Bonchev–Trinajstić information content (AvgIpc) is 3.07. The van der Waals surface area contributed by atoms with E-state index in [4.69, 9.17) is 28.4 Å². The van der Waals surface area contributed by atoms with Crippen LogP contribution >= 0.6 is 0 Å². The lowest BCUT2D eigenvalue weighted by molar-refractivity contribution is -0.164. The van der Waals surface area contributed by atoms with Gasteiger partial charge in [0.15, 0.2) is 12.2 Å². The number of nitrogens with one attached hydrogen (secondary N) is 1. The van der Waals surface area contributed by atoms with Crippen LogP contribution in [-0.4, -0.2) is 89.2 Å². The first kappa shape index (κ1) is 39.4. The molecule has 1 N–H and O–H groups in total. The monoisotopic (exact) mass is 655 g/mol. The van der Waals surface area contributed by atoms with Crippen molar-refractivity contribution < 1.29 is 52.4 Å². The number of carbonyl (C=O) groups excluding carboxylic acids is 5. The maximum atomic E-state index is 12.3. The predicted octanol–water partition coefficient (Wildman–Crippen LogP) is 4.59. The van der Waals surface area contributed by atoms with Crippen molar-refractivity contribution in [3.05, 3.63) is 0 Å². The fourth-order valence-corrected chi connectivity index (χ4v) is 6.01. The van der Waals surface area contributed by atoms with Crippen LogP contribution in [0, 0.1) is 11.8 Å². The first-order valence-electron chi connectivity index (χ1n) is 17.3. The van der Waals surface area contributed by atoms with Gasteiger partial charge in [-0.05, 0) is 50.6 Å². The third-order valence-electron chi connectivity index (χ3n) is 8.59. The van der Waals surface area contributed by atoms with E-state index in [0.717, 1.165) is 25.7 Å². The second kappa shape index (κ2) is 25.4. The highest BCUT2D eigenvalue weighted by Gasteiger charge is 2.21. The number of rotatable bonds is 25. The van der Waals surface area contributed by atoms with Gasteiger partial charge in [-0.15, -0.1) is 0 Å². The summed E-state index contributed by atoms with van der Waals surface area (Å²) in [6.45, 7) is 1.10. The number of methoxy groups -OCH3 is 1. The predicted molar refractivity (Wildman–Crippen MR) is 169 cm³/mol. The van der Waals surface area contributed by atoms with Crippen LogP contribution in [0.25, 0.3) is 0 Å². The Morgan fingerprint density at radius 1 is 0.630 bits per heavy atom. The molecule has 0 aromatic carbocycles. The van der Waals surface area contributed by atoms with Crippen LogP contribution in [0.4, 0.5) is 0 Å². The lowest BCUT2D eigenvalue weighted by Gasteiger charge is -2.21. The highest BCUT2D eigenvalue weighted by atomic mass is 16.6. The van der Waals surface area contributed by atoms with Crippen LogP contribution in [0.5, 0.6) is 0 Å². The van der Waals surface area contributed by atoms with Gasteiger partial charge in [-0.25, -0.2) is 0 Å². The topological polar surface area (TPSA) is 153 Å². The van der Waals surface area contributed by atoms with Gasteiger partial charge in [-0.2, -0.15) is 0 Å². The van der Waals surface area contributed by atoms with Gasteiger partial charge in [0.25, 0.3) is 6.47 Å². The Kier molecular flexibility index (Phi) is 21.8. The minimum atomic E-state index is -0.859. The van der Waals surface area contributed by atoms with Crippen molar-refractivity contribution in [1.29, 1.82) is 0 Å². The minimum absolute atomic E-state index is 0.0254. The zero-order valence-corrected chi connectivity index (χ0v) is 27.8. The van der Waals surface area contributed by atoms with E-state index < -0.39 is 24.1 Å². The molecule has 2 unspecified atom stereocenters. The molecule has 0 bridgehead atoms. The molecule has 264 valence electrons. The lowest BCUT2D eigenvalue weighted by Crippen LogP contribution is -2.30. The van der Waals surface area contributed by atoms with Crippen molar-refractivity contribution in [2.24, 2.45) is 11.8 Å². The third-order valence-corrected chi connectivity index (χ3v) is 8.59. The molecule has 2 aliphatic carbocycles. The van der Waals surface area contributed by atoms with Crippen molar-refractivity contribution in [1.82, 2.24) is 5.32 Å². The van der Waals surface area contributed by atoms with Crippen molar-refractivity contribution in [2.45, 2.75) is 128 Å². The fraction of sp³-hybridized carbons (Fsp3) is 0.853. The lowest BCUT2D eigenvalue weighted by atomic mass is 9.86. The van der Waals surface area contributed by atoms with E-state index in [1.807, 2.05) is 0 Å². The van der Waals surface area contributed by atoms with Gasteiger partial charge in [-0.3, -0.25) is 24.0 Å². The quantitative estimate of drug-likeness (QED) is 0.0634. The Labute approximate surface area is 274 Å². The van der Waals surface area contributed by atoms with Gasteiger partial charge in [0.2, 0.25) is 0 Å². The summed E-state index contributed by atoms with van der Waals surface area (Å²) < 4.78 is 31.3. The molecule has 0 amide bonds. The summed E-state index contributed by atoms with van der Waals surface area (Å²) in [5, 5.41) is 3.17. The van der Waals surface area contributed by atoms with Crippen LogP contribution in [0.2, 0.25) is 0 Å². The van der Waals surface area contributed by atoms with E-state index in [2.05, 4.69) is 5.32 Å². The van der Waals surface area contributed by atoms with Crippen molar-refractivity contribution in [3.8, 4) is 0 Å². The molecule has 2 saturated carbocycles. The molecule has 2 atom stereocenters. The molecule has 0 saturated heterocycles. The van der Waals surface area contributed by atoms with Gasteiger partial charge >= 0.3 is 23.9 Å². The summed E-state index contributed by atoms with van der Waals surface area (Å²) >= 11 is 0. The molecule has 0 spiro atoms. The van der Waals surface area contributed by atoms with Gasteiger partial charge in [0, 0.05) is 32.8 Å². The molecule has 12 heteroatoms. The average molecular weight is 656 g/mol. The number of carbonyl (C=O) groups is 5. The molecule has 0 radical (unpaired) electrons. The van der Waals surface area contributed by atoms with Crippen LogP contribution < -0.4 is 5.32 Å². The van der Waals surface area contributed by atoms with Gasteiger partial charge in [-0.1, -0.05) is 64.2 Å². The molecule has 0 aromatic heterocycles. The summed E-state index contributed by atoms with van der Waals surface area (Å²) in [6.07, 6.45) is 14.3. The summed E-state index contributed by atoms with van der Waals surface area (Å²) in [5.74, 6) is -0.341. The second-order valence-electron chi connectivity index (χ2n) is 12.5. The summed E-state index contributed by atoms with van der Waals surface area (Å²) in [5.41, 5.74) is 0. The number of esters is 4. The molecule has 0 aromatic rings. The molecule has 0 aliphatic heterocycles. The van der Waals surface area contributed by atoms with E-state index in [9.17, 15) is 24.0 Å². The van der Waals surface area contributed by atoms with Crippen LogP contribution in [0.3, 0.4) is 0 Å². The first-order valence-corrected chi connectivity index (χ1v) is 17.3. The molecule has 2 rings (SSSR count). The molecular weight excluding hydrogens is 598 g/mol. The Balaban J connectivity index is 1.52. The zero-order valence-electron chi connectivity index (χ0n) is 27.8. The first-order chi connectivity index (χ1) is 22.4. The fourth-order valence-electron chi connectivity index (χ4n) is 6.01. The van der Waals surface area contributed by atoms with Crippen molar-refractivity contribution in [2.75, 3.05) is 46.6 Å². The highest BCUT2D eigenvalue weighted by Crippen LogP contribution is 2.28. The summed E-state index contributed by atoms with van der Waals surface area (Å²) in [7, 11) is 1.50. The smallest absolute Gasteiger partial charge is 0.306 e. The molecular formula is C34H57NO11. The largest absolute Gasteiger partial charge is 0.464 e. The summed E-state index contributed by atoms with van der Waals surface area (Å²) in [4.78, 5) is 59.5. The standard InChI is InChI=1S/C34H57NO11/c1-41-22-29(24-43-31(37)18-16-27-10-4-2-5-11-27)45-33(39)14-8-20-35-21-9-15-34(40)46-30(23-42-26-36)25-44-32(38)19-17-28-12-6-3-7-13-28/h26-30,35H,2-25H2,1H3. The highest BCUT2D eigenvalue weighted by molar-refractivity contribution is 5.71. The molecule has 0 heterocycles. The second-order valence-corrected chi connectivity index (χ2v) is 12.5. The van der Waals surface area contributed by atoms with Crippen LogP contribution in [-0.2, 0) is 52.4 Å². The van der Waals surface area contributed by atoms with E-state index in [0.29, 0.717) is 50.6 Å². The van der Waals surface area contributed by atoms with Gasteiger partial charge in [0.05, 0.1) is 6.61 Å². The molecule has 2 fully saturated rings. The Bertz CT molecular complexity index is 871. The summed E-state index contributed by atoms with van der Waals surface area (Å²) in [6, 6.07) is 0. The number of ether oxygens (including phenoxy) is 6. The Morgan fingerprint density at radius 2 is 1.09 bits per heavy atom. The van der Waals surface area contributed by atoms with E-state index in [1.165, 1.54) is 58.5 Å². The Morgan fingerprint density at radius 3 is 1.52 bits per heavy atom. The third kappa shape index (κ3) is 19.7. The maximum absolute atomic E-state index is 12.3. The minimum Gasteiger partial charge on any atom is -0.464 e. The van der Waals surface area contributed by atoms with Gasteiger partial charge in [0.1, 0.15) is 19.8 Å². The number of hydrogen-bond donors (Lipinski definition) is 1. The van der Waals surface area contributed by atoms with Crippen molar-refractivity contribution in [3.63, 3.8) is 0 Å². The van der Waals surface area contributed by atoms with Crippen molar-refractivity contribution >= 4 is 30.3 Å². The normalized spacial score (nSPS) is 17.0. The SMILES string of the molecule is COCC(COC(=O)CCC1CCCCC1)OC(=O)CCCNCCCC(=O)OC(COC=O)COC(=O)CCC1CCCCC1. The van der Waals surface area contributed by atoms with E-state index in [-0.39, 0.29) is 57.7 Å². The molecule has 12 nitrogen and oxygen atoms in total.